The molecule has 7 nitrogen and oxygen atoms in total. The molecule has 7 heteroatoms. The van der Waals surface area contributed by atoms with Crippen molar-refractivity contribution in [3.05, 3.63) is 28.8 Å². The Kier molecular flexibility index (Phi) is 12.9. The van der Waals surface area contributed by atoms with E-state index in [-0.39, 0.29) is 0 Å². The molecule has 0 saturated carbocycles. The number of benzene rings is 1. The van der Waals surface area contributed by atoms with Crippen LogP contribution in [0.3, 0.4) is 0 Å². The van der Waals surface area contributed by atoms with Gasteiger partial charge in [-0.3, -0.25) is 0 Å². The normalized spacial score (nSPS) is 10.0. The van der Waals surface area contributed by atoms with Gasteiger partial charge in [-0.2, -0.15) is 0 Å². The van der Waals surface area contributed by atoms with E-state index in [1.807, 2.05) is 0 Å². The van der Waals surface area contributed by atoms with E-state index in [0.29, 0.717) is 0 Å². The van der Waals surface area contributed by atoms with Crippen LogP contribution < -0.4 is 10.1 Å². The Balaban J connectivity index is 0.000000896. The molecule has 0 aromatic heterocycles. The van der Waals surface area contributed by atoms with Gasteiger partial charge in [-0.15, -0.1) is 0 Å². The highest BCUT2D eigenvalue weighted by atomic mass is 16.5. The highest BCUT2D eigenvalue weighted by Crippen LogP contribution is 2.23. The zero-order valence-electron chi connectivity index (χ0n) is 16.1. The SMILES string of the molecule is COCCCNCCCCOc1cc(C)cc(C)c1C.O=C(O)C(=O)O. The summed E-state index contributed by atoms with van der Waals surface area (Å²) in [6, 6.07) is 4.33. The number of unbranched alkanes of at least 4 members (excludes halogenated alkanes) is 1. The van der Waals surface area contributed by atoms with Gasteiger partial charge in [0.2, 0.25) is 0 Å². The molecule has 3 N–H and O–H groups in total. The monoisotopic (exact) mass is 369 g/mol. The maximum Gasteiger partial charge on any atom is 0.414 e. The molecule has 0 atom stereocenters. The van der Waals surface area contributed by atoms with Gasteiger partial charge < -0.3 is 25.0 Å². The lowest BCUT2D eigenvalue weighted by Crippen LogP contribution is -2.18. The van der Waals surface area contributed by atoms with E-state index >= 15 is 0 Å². The number of carbonyl (C=O) groups is 2. The first-order valence-electron chi connectivity index (χ1n) is 8.66. The highest BCUT2D eigenvalue weighted by molar-refractivity contribution is 6.27. The minimum atomic E-state index is -1.82. The summed E-state index contributed by atoms with van der Waals surface area (Å²) in [4.78, 5) is 18.2. The van der Waals surface area contributed by atoms with Gasteiger partial charge in [-0.05, 0) is 75.9 Å². The van der Waals surface area contributed by atoms with E-state index in [4.69, 9.17) is 29.3 Å². The smallest absolute Gasteiger partial charge is 0.414 e. The summed E-state index contributed by atoms with van der Waals surface area (Å²) in [5.74, 6) is -2.61. The lowest BCUT2D eigenvalue weighted by Gasteiger charge is -2.12. The molecule has 0 amide bonds. The summed E-state index contributed by atoms with van der Waals surface area (Å²) < 4.78 is 10.9. The molecule has 0 aliphatic carbocycles. The third-order valence-corrected chi connectivity index (χ3v) is 3.65. The van der Waals surface area contributed by atoms with E-state index in [0.717, 1.165) is 51.3 Å². The predicted molar refractivity (Wildman–Crippen MR) is 100 cm³/mol. The molecule has 148 valence electrons. The molecule has 0 unspecified atom stereocenters. The lowest BCUT2D eigenvalue weighted by molar-refractivity contribution is -0.159. The number of ether oxygens (including phenoxy) is 2. The van der Waals surface area contributed by atoms with Crippen molar-refractivity contribution >= 4 is 11.9 Å². The molecule has 1 aromatic rings. The Morgan fingerprint density at radius 1 is 0.962 bits per heavy atom. The Hall–Kier alpha value is -2.12. The molecular weight excluding hydrogens is 338 g/mol. The van der Waals surface area contributed by atoms with Crippen molar-refractivity contribution in [1.29, 1.82) is 0 Å². The average Bonchev–Trinajstić information content (AvgIpc) is 2.58. The van der Waals surface area contributed by atoms with Crippen LogP contribution in [0.2, 0.25) is 0 Å². The van der Waals surface area contributed by atoms with E-state index < -0.39 is 11.9 Å². The number of methoxy groups -OCH3 is 1. The maximum absolute atomic E-state index is 9.10. The predicted octanol–water partition coefficient (Wildman–Crippen LogP) is 2.55. The fraction of sp³-hybridized carbons (Fsp3) is 0.579. The van der Waals surface area contributed by atoms with Crippen molar-refractivity contribution in [2.24, 2.45) is 0 Å². The number of hydrogen-bond acceptors (Lipinski definition) is 5. The van der Waals surface area contributed by atoms with Gasteiger partial charge >= 0.3 is 11.9 Å². The zero-order chi connectivity index (χ0) is 19.9. The molecular formula is C19H31NO6. The van der Waals surface area contributed by atoms with Crippen LogP contribution in [0.15, 0.2) is 12.1 Å². The van der Waals surface area contributed by atoms with Gasteiger partial charge in [0.25, 0.3) is 0 Å². The van der Waals surface area contributed by atoms with Crippen molar-refractivity contribution in [1.82, 2.24) is 5.32 Å². The van der Waals surface area contributed by atoms with E-state index in [2.05, 4.69) is 38.2 Å². The number of carboxylic acid groups (broad SMARTS) is 2. The second kappa shape index (κ2) is 14.1. The van der Waals surface area contributed by atoms with Gasteiger partial charge in [0, 0.05) is 13.7 Å². The Morgan fingerprint density at radius 3 is 2.15 bits per heavy atom. The van der Waals surface area contributed by atoms with Gasteiger partial charge in [-0.25, -0.2) is 9.59 Å². The molecule has 0 heterocycles. The number of aryl methyl sites for hydroxylation is 2. The molecule has 0 spiro atoms. The Labute approximate surface area is 155 Å². The van der Waals surface area contributed by atoms with Crippen LogP contribution in [-0.2, 0) is 14.3 Å². The van der Waals surface area contributed by atoms with Crippen LogP contribution in [0.25, 0.3) is 0 Å². The van der Waals surface area contributed by atoms with Gasteiger partial charge in [-0.1, -0.05) is 6.07 Å². The van der Waals surface area contributed by atoms with Crippen LogP contribution in [-0.4, -0.2) is 55.6 Å². The van der Waals surface area contributed by atoms with Crippen LogP contribution in [0.5, 0.6) is 5.75 Å². The summed E-state index contributed by atoms with van der Waals surface area (Å²) in [6.07, 6.45) is 3.31. The van der Waals surface area contributed by atoms with Crippen molar-refractivity contribution in [3.63, 3.8) is 0 Å². The van der Waals surface area contributed by atoms with Crippen molar-refractivity contribution in [3.8, 4) is 5.75 Å². The number of rotatable bonds is 10. The first-order valence-corrected chi connectivity index (χ1v) is 8.66. The van der Waals surface area contributed by atoms with E-state index in [9.17, 15) is 0 Å². The Morgan fingerprint density at radius 2 is 1.58 bits per heavy atom. The third-order valence-electron chi connectivity index (χ3n) is 3.65. The quantitative estimate of drug-likeness (QED) is 0.430. The zero-order valence-corrected chi connectivity index (χ0v) is 16.1. The first-order chi connectivity index (χ1) is 12.3. The second-order valence-electron chi connectivity index (χ2n) is 5.97. The molecule has 0 aliphatic rings. The fourth-order valence-corrected chi connectivity index (χ4v) is 2.15. The molecule has 0 saturated heterocycles. The summed E-state index contributed by atoms with van der Waals surface area (Å²) >= 11 is 0. The topological polar surface area (TPSA) is 105 Å². The maximum atomic E-state index is 9.10. The molecule has 0 fully saturated rings. The molecule has 0 bridgehead atoms. The average molecular weight is 369 g/mol. The minimum Gasteiger partial charge on any atom is -0.493 e. The molecule has 0 aliphatic heterocycles. The van der Waals surface area contributed by atoms with Gasteiger partial charge in [0.05, 0.1) is 6.61 Å². The third kappa shape index (κ3) is 11.4. The van der Waals surface area contributed by atoms with Crippen molar-refractivity contribution in [2.75, 3.05) is 33.4 Å². The summed E-state index contributed by atoms with van der Waals surface area (Å²) in [7, 11) is 1.74. The van der Waals surface area contributed by atoms with Gasteiger partial charge in [0.15, 0.2) is 0 Å². The summed E-state index contributed by atoms with van der Waals surface area (Å²) in [5, 5.41) is 18.2. The summed E-state index contributed by atoms with van der Waals surface area (Å²) in [6.45, 7) is 10.1. The second-order valence-corrected chi connectivity index (χ2v) is 5.97. The largest absolute Gasteiger partial charge is 0.493 e. The summed E-state index contributed by atoms with van der Waals surface area (Å²) in [5.41, 5.74) is 3.83. The molecule has 1 aromatic carbocycles. The van der Waals surface area contributed by atoms with Crippen molar-refractivity contribution in [2.45, 2.75) is 40.0 Å². The standard InChI is InChI=1S/C17H29NO2.C2H2O4/c1-14-12-15(2)16(3)17(13-14)20-11-6-5-8-18-9-7-10-19-4;3-1(4)2(5)6/h12-13,18H,5-11H2,1-4H3;(H,3,4)(H,5,6). The lowest BCUT2D eigenvalue weighted by atomic mass is 10.1. The fourth-order valence-electron chi connectivity index (χ4n) is 2.15. The number of aliphatic carboxylic acids is 2. The molecule has 26 heavy (non-hydrogen) atoms. The van der Waals surface area contributed by atoms with Gasteiger partial charge in [0.1, 0.15) is 5.75 Å². The van der Waals surface area contributed by atoms with E-state index in [1.54, 1.807) is 7.11 Å². The van der Waals surface area contributed by atoms with E-state index in [1.165, 1.54) is 16.7 Å². The first kappa shape index (κ1) is 23.9. The molecule has 0 radical (unpaired) electrons. The van der Waals surface area contributed by atoms with Crippen LogP contribution in [0.1, 0.15) is 36.0 Å². The molecule has 1 rings (SSSR count). The van der Waals surface area contributed by atoms with Crippen molar-refractivity contribution < 1.29 is 29.3 Å². The number of hydrogen-bond donors (Lipinski definition) is 3. The number of nitrogens with one attached hydrogen (secondary N) is 1. The Bertz CT molecular complexity index is 547. The van der Waals surface area contributed by atoms with Crippen LogP contribution >= 0.6 is 0 Å². The highest BCUT2D eigenvalue weighted by Gasteiger charge is 2.04. The number of carboxylic acids is 2. The minimum absolute atomic E-state index is 0.795. The van der Waals surface area contributed by atoms with Crippen LogP contribution in [0.4, 0.5) is 0 Å². The van der Waals surface area contributed by atoms with Crippen LogP contribution in [0, 0.1) is 20.8 Å².